The molecule has 0 bridgehead atoms. The van der Waals surface area contributed by atoms with Gasteiger partial charge in [0.2, 0.25) is 0 Å². The number of rotatable bonds is 8. The van der Waals surface area contributed by atoms with Crippen LogP contribution in [0.2, 0.25) is 0 Å². The van der Waals surface area contributed by atoms with E-state index in [1.165, 1.54) is 11.6 Å². The molecule has 2 aliphatic rings. The van der Waals surface area contributed by atoms with Gasteiger partial charge in [0.25, 0.3) is 0 Å². The minimum Gasteiger partial charge on any atom is -0.497 e. The van der Waals surface area contributed by atoms with Gasteiger partial charge in [-0.05, 0) is 71.2 Å². The Hall–Kier alpha value is -3.34. The third-order valence-electron chi connectivity index (χ3n) is 7.18. The fourth-order valence-electron chi connectivity index (χ4n) is 5.15. The van der Waals surface area contributed by atoms with Crippen LogP contribution < -0.4 is 9.47 Å². The lowest BCUT2D eigenvalue weighted by Gasteiger charge is -2.21. The van der Waals surface area contributed by atoms with E-state index in [0.717, 1.165) is 48.1 Å². The van der Waals surface area contributed by atoms with E-state index in [2.05, 4.69) is 18.2 Å². The predicted molar refractivity (Wildman–Crippen MR) is 129 cm³/mol. The Labute approximate surface area is 199 Å². The maximum Gasteiger partial charge on any atom is 0.306 e. The molecule has 34 heavy (non-hydrogen) atoms. The summed E-state index contributed by atoms with van der Waals surface area (Å²) >= 11 is 0. The molecule has 1 fully saturated rings. The number of halogens is 1. The van der Waals surface area contributed by atoms with Gasteiger partial charge >= 0.3 is 5.97 Å². The van der Waals surface area contributed by atoms with Crippen molar-refractivity contribution in [3.05, 3.63) is 83.2 Å². The van der Waals surface area contributed by atoms with Crippen molar-refractivity contribution in [3.63, 3.8) is 0 Å². The van der Waals surface area contributed by atoms with Crippen LogP contribution in [0.3, 0.4) is 0 Å². The fraction of sp³-hybridized carbons (Fsp3) is 0.345. The Bertz CT molecular complexity index is 1200. The quantitative estimate of drug-likeness (QED) is 0.431. The molecule has 1 heterocycles. The van der Waals surface area contributed by atoms with Gasteiger partial charge < -0.3 is 14.6 Å². The second kappa shape index (κ2) is 9.13. The zero-order valence-corrected chi connectivity index (χ0v) is 19.5. The second-order valence-electron chi connectivity index (χ2n) is 9.55. The van der Waals surface area contributed by atoms with Crippen molar-refractivity contribution >= 4 is 5.97 Å². The zero-order chi connectivity index (χ0) is 23.8. The average Bonchev–Trinajstić information content (AvgIpc) is 3.58. The van der Waals surface area contributed by atoms with Crippen LogP contribution in [0.15, 0.2) is 60.7 Å². The first-order valence-electron chi connectivity index (χ1n) is 11.9. The minimum absolute atomic E-state index is 0.0286. The zero-order valence-electron chi connectivity index (χ0n) is 19.5. The van der Waals surface area contributed by atoms with E-state index >= 15 is 0 Å². The number of ether oxygens (including phenoxy) is 2. The van der Waals surface area contributed by atoms with Crippen LogP contribution in [0.1, 0.15) is 42.4 Å². The van der Waals surface area contributed by atoms with Crippen LogP contribution in [0.4, 0.5) is 4.39 Å². The molecule has 0 saturated heterocycles. The Balaban J connectivity index is 1.28. The van der Waals surface area contributed by atoms with Gasteiger partial charge in [0.15, 0.2) is 0 Å². The highest BCUT2D eigenvalue weighted by atomic mass is 19.1. The SMILES string of the molecule is COc1ccc(F)c(-c2ccc(CC3Cc4ccc(C(C5CC5)[C@H](C)C(=O)O)cc4O3)cc2)c1. The Morgan fingerprint density at radius 2 is 1.88 bits per heavy atom. The molecular weight excluding hydrogens is 431 g/mol. The van der Waals surface area contributed by atoms with Crippen molar-refractivity contribution in [3.8, 4) is 22.6 Å². The van der Waals surface area contributed by atoms with Crippen molar-refractivity contribution in [2.24, 2.45) is 11.8 Å². The number of hydrogen-bond acceptors (Lipinski definition) is 3. The van der Waals surface area contributed by atoms with Gasteiger partial charge in [0, 0.05) is 18.4 Å². The summed E-state index contributed by atoms with van der Waals surface area (Å²) in [4.78, 5) is 11.6. The molecule has 0 spiro atoms. The molecule has 0 amide bonds. The topological polar surface area (TPSA) is 55.8 Å². The number of fused-ring (bicyclic) bond motifs is 1. The molecule has 3 aromatic carbocycles. The van der Waals surface area contributed by atoms with Crippen LogP contribution in [0.5, 0.6) is 11.5 Å². The van der Waals surface area contributed by atoms with Crippen LogP contribution in [-0.4, -0.2) is 24.3 Å². The van der Waals surface area contributed by atoms with E-state index in [0.29, 0.717) is 17.2 Å². The first kappa shape index (κ1) is 22.5. The lowest BCUT2D eigenvalue weighted by Crippen LogP contribution is -2.20. The lowest BCUT2D eigenvalue weighted by atomic mass is 9.83. The van der Waals surface area contributed by atoms with Gasteiger partial charge in [-0.25, -0.2) is 4.39 Å². The summed E-state index contributed by atoms with van der Waals surface area (Å²) in [5, 5.41) is 9.57. The van der Waals surface area contributed by atoms with Crippen LogP contribution in [0.25, 0.3) is 11.1 Å². The number of methoxy groups -OCH3 is 1. The highest BCUT2D eigenvalue weighted by Gasteiger charge is 2.39. The highest BCUT2D eigenvalue weighted by Crippen LogP contribution is 2.48. The predicted octanol–water partition coefficient (Wildman–Crippen LogP) is 6.26. The van der Waals surface area contributed by atoms with Crippen LogP contribution >= 0.6 is 0 Å². The van der Waals surface area contributed by atoms with E-state index in [-0.39, 0.29) is 17.8 Å². The van der Waals surface area contributed by atoms with Crippen molar-refractivity contribution < 1.29 is 23.8 Å². The molecule has 4 nitrogen and oxygen atoms in total. The summed E-state index contributed by atoms with van der Waals surface area (Å²) in [6.07, 6.45) is 3.80. The number of carboxylic acids is 1. The first-order valence-corrected chi connectivity index (χ1v) is 11.9. The van der Waals surface area contributed by atoms with Gasteiger partial charge in [-0.3, -0.25) is 4.79 Å². The smallest absolute Gasteiger partial charge is 0.306 e. The monoisotopic (exact) mass is 460 g/mol. The van der Waals surface area contributed by atoms with Crippen LogP contribution in [0, 0.1) is 17.7 Å². The number of aliphatic carboxylic acids is 1. The summed E-state index contributed by atoms with van der Waals surface area (Å²) in [6, 6.07) is 18.9. The number of benzene rings is 3. The first-order chi connectivity index (χ1) is 16.4. The molecular formula is C29H29FO4. The molecule has 0 aromatic heterocycles. The summed E-state index contributed by atoms with van der Waals surface area (Å²) in [7, 11) is 1.57. The highest BCUT2D eigenvalue weighted by molar-refractivity contribution is 5.71. The third-order valence-corrected chi connectivity index (χ3v) is 7.18. The third kappa shape index (κ3) is 4.52. The molecule has 3 atom stereocenters. The maximum absolute atomic E-state index is 14.3. The van der Waals surface area contributed by atoms with Gasteiger partial charge in [-0.15, -0.1) is 0 Å². The Morgan fingerprint density at radius 3 is 2.56 bits per heavy atom. The second-order valence-corrected chi connectivity index (χ2v) is 9.55. The van der Waals surface area contributed by atoms with Gasteiger partial charge in [0.1, 0.15) is 23.4 Å². The number of hydrogen-bond donors (Lipinski definition) is 1. The molecule has 176 valence electrons. The van der Waals surface area contributed by atoms with Gasteiger partial charge in [-0.2, -0.15) is 0 Å². The molecule has 1 aliphatic heterocycles. The van der Waals surface area contributed by atoms with Crippen LogP contribution in [-0.2, 0) is 17.6 Å². The van der Waals surface area contributed by atoms with Crippen molar-refractivity contribution in [1.29, 1.82) is 0 Å². The molecule has 5 rings (SSSR count). The summed E-state index contributed by atoms with van der Waals surface area (Å²) < 4.78 is 25.8. The van der Waals surface area contributed by atoms with Crippen molar-refractivity contribution in [1.82, 2.24) is 0 Å². The molecule has 5 heteroatoms. The standard InChI is InChI=1S/C29H29FO4/c1-17(29(31)32)28(20-7-8-20)22-10-9-21-14-24(34-27(21)15-22)13-18-3-5-19(6-4-18)25-16-23(33-2)11-12-26(25)30/h3-6,9-12,15-17,20,24,28H,7-8,13-14H2,1-2H3,(H,31,32)/t17-,24?,28?/m0/s1. The normalized spacial score (nSPS) is 18.6. The summed E-state index contributed by atoms with van der Waals surface area (Å²) in [5.41, 5.74) is 4.69. The molecule has 3 aromatic rings. The Morgan fingerprint density at radius 1 is 1.12 bits per heavy atom. The largest absolute Gasteiger partial charge is 0.497 e. The van der Waals surface area contributed by atoms with E-state index in [4.69, 9.17) is 9.47 Å². The van der Waals surface area contributed by atoms with E-state index in [1.54, 1.807) is 19.2 Å². The van der Waals surface area contributed by atoms with E-state index < -0.39 is 11.9 Å². The lowest BCUT2D eigenvalue weighted by molar-refractivity contribution is -0.142. The Kier molecular flexibility index (Phi) is 6.03. The molecule has 2 unspecified atom stereocenters. The van der Waals surface area contributed by atoms with Gasteiger partial charge in [-0.1, -0.05) is 43.3 Å². The van der Waals surface area contributed by atoms with E-state index in [9.17, 15) is 14.3 Å². The average molecular weight is 461 g/mol. The van der Waals surface area contributed by atoms with Crippen molar-refractivity contribution in [2.75, 3.05) is 7.11 Å². The molecule has 1 aliphatic carbocycles. The molecule has 1 N–H and O–H groups in total. The summed E-state index contributed by atoms with van der Waals surface area (Å²) in [6.45, 7) is 1.81. The molecule has 0 radical (unpaired) electrons. The maximum atomic E-state index is 14.3. The molecule has 1 saturated carbocycles. The number of carboxylic acid groups (broad SMARTS) is 1. The summed E-state index contributed by atoms with van der Waals surface area (Å²) in [5.74, 6) is 0.563. The minimum atomic E-state index is -0.742. The van der Waals surface area contributed by atoms with E-state index in [1.807, 2.05) is 31.2 Å². The fourth-order valence-corrected chi connectivity index (χ4v) is 5.15. The van der Waals surface area contributed by atoms with Crippen molar-refractivity contribution in [2.45, 2.75) is 44.6 Å². The number of carbonyl (C=O) groups is 1. The van der Waals surface area contributed by atoms with Gasteiger partial charge in [0.05, 0.1) is 13.0 Å².